The van der Waals surface area contributed by atoms with E-state index in [1.54, 1.807) is 19.2 Å². The third-order valence-corrected chi connectivity index (χ3v) is 4.39. The molecule has 1 unspecified atom stereocenters. The van der Waals surface area contributed by atoms with Crippen LogP contribution in [0.2, 0.25) is 0 Å². The van der Waals surface area contributed by atoms with Crippen molar-refractivity contribution in [3.63, 3.8) is 0 Å². The first-order valence-electron chi connectivity index (χ1n) is 8.00. The van der Waals surface area contributed by atoms with Crippen molar-refractivity contribution in [1.29, 1.82) is 0 Å². The smallest absolute Gasteiger partial charge is 0.269 e. The molecule has 0 aromatic heterocycles. The summed E-state index contributed by atoms with van der Waals surface area (Å²) in [5, 5.41) is 14.2. The van der Waals surface area contributed by atoms with E-state index in [9.17, 15) is 10.1 Å². The fraction of sp³-hybridized carbons (Fsp3) is 0.333. The first-order chi connectivity index (χ1) is 11.7. The summed E-state index contributed by atoms with van der Waals surface area (Å²) < 4.78 is 5.51. The quantitative estimate of drug-likeness (QED) is 0.652. The Labute approximate surface area is 153 Å². The molecule has 6 nitrogen and oxygen atoms in total. The predicted octanol–water partition coefficient (Wildman–Crippen LogP) is 3.17. The number of nitro groups is 1. The number of hydrogen-bond donors (Lipinski definition) is 1. The van der Waals surface area contributed by atoms with E-state index in [4.69, 9.17) is 4.74 Å². The Kier molecular flexibility index (Phi) is 6.75. The van der Waals surface area contributed by atoms with Crippen molar-refractivity contribution in [2.24, 2.45) is 0 Å². The van der Waals surface area contributed by atoms with E-state index >= 15 is 0 Å². The number of piperazine rings is 1. The third-order valence-electron chi connectivity index (χ3n) is 4.39. The topological polar surface area (TPSA) is 67.6 Å². The van der Waals surface area contributed by atoms with Crippen LogP contribution < -0.4 is 10.1 Å². The number of nitro benzene ring substituents is 1. The molecule has 1 heterocycles. The molecule has 1 N–H and O–H groups in total. The Morgan fingerprint density at radius 1 is 1.24 bits per heavy atom. The van der Waals surface area contributed by atoms with Gasteiger partial charge in [-0.2, -0.15) is 0 Å². The molecule has 7 heteroatoms. The highest BCUT2D eigenvalue weighted by molar-refractivity contribution is 5.85. The number of hydrogen-bond acceptors (Lipinski definition) is 5. The average Bonchev–Trinajstić information content (AvgIpc) is 2.62. The lowest BCUT2D eigenvalue weighted by molar-refractivity contribution is -0.384. The minimum Gasteiger partial charge on any atom is -0.496 e. The highest BCUT2D eigenvalue weighted by Gasteiger charge is 2.26. The van der Waals surface area contributed by atoms with Crippen LogP contribution in [0.25, 0.3) is 0 Å². The van der Waals surface area contributed by atoms with Crippen LogP contribution in [0.15, 0.2) is 48.5 Å². The average molecular weight is 364 g/mol. The van der Waals surface area contributed by atoms with Crippen LogP contribution in [0.5, 0.6) is 5.75 Å². The van der Waals surface area contributed by atoms with Gasteiger partial charge in [-0.05, 0) is 11.6 Å². The van der Waals surface area contributed by atoms with Crippen LogP contribution >= 0.6 is 12.4 Å². The monoisotopic (exact) mass is 363 g/mol. The summed E-state index contributed by atoms with van der Waals surface area (Å²) in [6.07, 6.45) is 0. The summed E-state index contributed by atoms with van der Waals surface area (Å²) in [5.74, 6) is 0.889. The molecule has 2 aromatic carbocycles. The molecule has 1 aliphatic heterocycles. The fourth-order valence-corrected chi connectivity index (χ4v) is 3.14. The number of para-hydroxylation sites is 1. The van der Waals surface area contributed by atoms with Gasteiger partial charge in [-0.1, -0.05) is 30.3 Å². The number of nitrogens with one attached hydrogen (secondary N) is 1. The number of non-ortho nitro benzene ring substituents is 1. The van der Waals surface area contributed by atoms with Gasteiger partial charge in [0.25, 0.3) is 5.69 Å². The van der Waals surface area contributed by atoms with Crippen molar-refractivity contribution in [3.05, 3.63) is 69.8 Å². The van der Waals surface area contributed by atoms with Gasteiger partial charge in [0.2, 0.25) is 0 Å². The van der Waals surface area contributed by atoms with Gasteiger partial charge in [0.05, 0.1) is 18.1 Å². The van der Waals surface area contributed by atoms with Crippen LogP contribution in [-0.4, -0.2) is 36.6 Å². The van der Waals surface area contributed by atoms with Gasteiger partial charge in [-0.15, -0.1) is 12.4 Å². The number of benzene rings is 2. The molecule has 1 fully saturated rings. The van der Waals surface area contributed by atoms with Crippen LogP contribution in [0.1, 0.15) is 17.2 Å². The molecule has 0 radical (unpaired) electrons. The molecule has 0 saturated carbocycles. The zero-order valence-corrected chi connectivity index (χ0v) is 14.9. The van der Waals surface area contributed by atoms with Crippen LogP contribution in [0.3, 0.4) is 0 Å². The number of nitrogens with zero attached hydrogens (tertiary/aromatic N) is 2. The van der Waals surface area contributed by atoms with Crippen molar-refractivity contribution in [3.8, 4) is 5.75 Å². The van der Waals surface area contributed by atoms with Crippen molar-refractivity contribution >= 4 is 18.1 Å². The lowest BCUT2D eigenvalue weighted by atomic mass is 10.0. The van der Waals surface area contributed by atoms with Gasteiger partial charge in [-0.3, -0.25) is 15.0 Å². The van der Waals surface area contributed by atoms with E-state index in [1.165, 1.54) is 0 Å². The number of ether oxygens (including phenoxy) is 1. The highest BCUT2D eigenvalue weighted by atomic mass is 35.5. The van der Waals surface area contributed by atoms with E-state index < -0.39 is 0 Å². The molecule has 25 heavy (non-hydrogen) atoms. The largest absolute Gasteiger partial charge is 0.496 e. The molecule has 1 atom stereocenters. The Morgan fingerprint density at radius 2 is 1.96 bits per heavy atom. The molecule has 134 valence electrons. The Hall–Kier alpha value is -2.15. The minimum absolute atomic E-state index is 0. The summed E-state index contributed by atoms with van der Waals surface area (Å²) in [4.78, 5) is 12.8. The molecule has 0 spiro atoms. The predicted molar refractivity (Wildman–Crippen MR) is 99.4 cm³/mol. The normalized spacial score (nSPS) is 17.6. The van der Waals surface area contributed by atoms with E-state index in [-0.39, 0.29) is 29.1 Å². The Balaban J connectivity index is 0.00000225. The van der Waals surface area contributed by atoms with Crippen molar-refractivity contribution < 1.29 is 9.66 Å². The second-order valence-corrected chi connectivity index (χ2v) is 5.86. The van der Waals surface area contributed by atoms with Gasteiger partial charge < -0.3 is 10.1 Å². The molecule has 1 saturated heterocycles. The summed E-state index contributed by atoms with van der Waals surface area (Å²) in [6.45, 7) is 3.45. The van der Waals surface area contributed by atoms with Crippen LogP contribution in [0.4, 0.5) is 5.69 Å². The van der Waals surface area contributed by atoms with Gasteiger partial charge in [-0.25, -0.2) is 0 Å². The lowest BCUT2D eigenvalue weighted by Gasteiger charge is -2.37. The molecule has 3 rings (SSSR count). The van der Waals surface area contributed by atoms with Gasteiger partial charge in [0.15, 0.2) is 0 Å². The Bertz CT molecular complexity index is 709. The SMILES string of the molecule is COc1ccccc1C1CNCCN1Cc1ccc([N+](=O)[O-])cc1.Cl. The second kappa shape index (κ2) is 8.80. The van der Waals surface area contributed by atoms with E-state index in [0.29, 0.717) is 0 Å². The number of rotatable bonds is 5. The van der Waals surface area contributed by atoms with Crippen molar-refractivity contribution in [2.75, 3.05) is 26.7 Å². The van der Waals surface area contributed by atoms with E-state index in [0.717, 1.165) is 43.1 Å². The Morgan fingerprint density at radius 3 is 2.64 bits per heavy atom. The van der Waals surface area contributed by atoms with E-state index in [1.807, 2.05) is 30.3 Å². The zero-order valence-electron chi connectivity index (χ0n) is 14.1. The molecular weight excluding hydrogens is 342 g/mol. The first kappa shape index (κ1) is 19.2. The molecule has 0 bridgehead atoms. The lowest BCUT2D eigenvalue weighted by Crippen LogP contribution is -2.45. The maximum Gasteiger partial charge on any atom is 0.269 e. The first-order valence-corrected chi connectivity index (χ1v) is 8.00. The van der Waals surface area contributed by atoms with Gasteiger partial charge in [0.1, 0.15) is 5.75 Å². The van der Waals surface area contributed by atoms with Crippen LogP contribution in [0, 0.1) is 10.1 Å². The molecule has 0 aliphatic carbocycles. The molecular formula is C18H22ClN3O3. The van der Waals surface area contributed by atoms with Crippen molar-refractivity contribution in [1.82, 2.24) is 10.2 Å². The summed E-state index contributed by atoms with van der Waals surface area (Å²) in [6, 6.07) is 15.1. The standard InChI is InChI=1S/C18H21N3O3.ClH/c1-24-18-5-3-2-4-16(18)17-12-19-10-11-20(17)13-14-6-8-15(9-7-14)21(22)23;/h2-9,17,19H,10-13H2,1H3;1H. The number of methoxy groups -OCH3 is 1. The molecule has 1 aliphatic rings. The van der Waals surface area contributed by atoms with Gasteiger partial charge >= 0.3 is 0 Å². The minimum atomic E-state index is -0.369. The van der Waals surface area contributed by atoms with Crippen LogP contribution in [-0.2, 0) is 6.54 Å². The summed E-state index contributed by atoms with van der Waals surface area (Å²) in [7, 11) is 1.69. The highest BCUT2D eigenvalue weighted by Crippen LogP contribution is 2.31. The maximum absolute atomic E-state index is 10.8. The number of halogens is 1. The molecule has 0 amide bonds. The fourth-order valence-electron chi connectivity index (χ4n) is 3.14. The third kappa shape index (κ3) is 4.48. The summed E-state index contributed by atoms with van der Waals surface area (Å²) in [5.41, 5.74) is 2.36. The van der Waals surface area contributed by atoms with E-state index in [2.05, 4.69) is 16.3 Å². The second-order valence-electron chi connectivity index (χ2n) is 5.86. The maximum atomic E-state index is 10.8. The molecule has 2 aromatic rings. The summed E-state index contributed by atoms with van der Waals surface area (Å²) >= 11 is 0. The van der Waals surface area contributed by atoms with Crippen molar-refractivity contribution in [2.45, 2.75) is 12.6 Å². The van der Waals surface area contributed by atoms with Gasteiger partial charge in [0, 0.05) is 43.9 Å². The zero-order chi connectivity index (χ0) is 16.9.